The van der Waals surface area contributed by atoms with Crippen molar-refractivity contribution in [2.24, 2.45) is 0 Å². The summed E-state index contributed by atoms with van der Waals surface area (Å²) in [4.78, 5) is 31.7. The molecule has 0 aliphatic carbocycles. The third kappa shape index (κ3) is 7.67. The van der Waals surface area contributed by atoms with Gasteiger partial charge in [0.2, 0.25) is 5.91 Å². The first-order chi connectivity index (χ1) is 17.9. The fourth-order valence-corrected chi connectivity index (χ4v) is 5.16. The molecule has 3 rings (SSSR count). The standard InChI is InChI=1S/C27H31FN4O5S/c1-27(2,18-37-4)31-38(35,36)24-15-14-22(17-29-24)30-25(33)23(16-19-8-6-5-7-9-19)32(3)26(34)20-10-12-21(28)13-11-20/h5-15,17,23,31H,16,18H2,1-4H3,(H,30,33). The predicted octanol–water partition coefficient (Wildman–Crippen LogP) is 3.25. The highest BCUT2D eigenvalue weighted by molar-refractivity contribution is 7.89. The van der Waals surface area contributed by atoms with Crippen LogP contribution in [-0.2, 0) is 26.0 Å². The van der Waals surface area contributed by atoms with Gasteiger partial charge in [-0.05, 0) is 55.8 Å². The lowest BCUT2D eigenvalue weighted by molar-refractivity contribution is -0.120. The summed E-state index contributed by atoms with van der Waals surface area (Å²) in [7, 11) is -0.960. The number of carbonyl (C=O) groups excluding carboxylic acids is 2. The molecule has 38 heavy (non-hydrogen) atoms. The summed E-state index contributed by atoms with van der Waals surface area (Å²) in [6, 6.07) is 16.0. The molecule has 0 spiro atoms. The molecule has 2 N–H and O–H groups in total. The number of anilines is 1. The van der Waals surface area contributed by atoms with Gasteiger partial charge in [0.1, 0.15) is 11.9 Å². The van der Waals surface area contributed by atoms with Crippen LogP contribution in [0.2, 0.25) is 0 Å². The number of amides is 2. The zero-order chi connectivity index (χ0) is 27.9. The number of sulfonamides is 1. The predicted molar refractivity (Wildman–Crippen MR) is 142 cm³/mol. The number of nitrogens with zero attached hydrogens (tertiary/aromatic N) is 2. The Labute approximate surface area is 222 Å². The molecule has 0 bridgehead atoms. The highest BCUT2D eigenvalue weighted by atomic mass is 32.2. The van der Waals surface area contributed by atoms with E-state index in [2.05, 4.69) is 15.0 Å². The fourth-order valence-electron chi connectivity index (χ4n) is 3.83. The van der Waals surface area contributed by atoms with E-state index in [0.717, 1.165) is 5.56 Å². The molecule has 0 radical (unpaired) electrons. The van der Waals surface area contributed by atoms with Gasteiger partial charge in [-0.2, -0.15) is 0 Å². The molecule has 2 amide bonds. The molecule has 1 heterocycles. The zero-order valence-corrected chi connectivity index (χ0v) is 22.5. The van der Waals surface area contributed by atoms with E-state index in [-0.39, 0.29) is 29.3 Å². The van der Waals surface area contributed by atoms with Crippen molar-refractivity contribution in [2.75, 3.05) is 26.1 Å². The van der Waals surface area contributed by atoms with Crippen LogP contribution in [0.25, 0.3) is 0 Å². The van der Waals surface area contributed by atoms with Gasteiger partial charge in [0.25, 0.3) is 15.9 Å². The maximum Gasteiger partial charge on any atom is 0.258 e. The minimum Gasteiger partial charge on any atom is -0.383 e. The largest absolute Gasteiger partial charge is 0.383 e. The third-order valence-corrected chi connectivity index (χ3v) is 7.26. The molecule has 3 aromatic rings. The van der Waals surface area contributed by atoms with Gasteiger partial charge < -0.3 is 15.0 Å². The Morgan fingerprint density at radius 3 is 2.29 bits per heavy atom. The molecule has 1 unspecified atom stereocenters. The van der Waals surface area contributed by atoms with E-state index in [0.29, 0.717) is 0 Å². The number of hydrogen-bond donors (Lipinski definition) is 2. The Kier molecular flexibility index (Phi) is 9.31. The molecule has 202 valence electrons. The topological polar surface area (TPSA) is 118 Å². The van der Waals surface area contributed by atoms with Crippen molar-refractivity contribution in [1.29, 1.82) is 0 Å². The summed E-state index contributed by atoms with van der Waals surface area (Å²) in [6.07, 6.45) is 1.45. The number of carbonyl (C=O) groups is 2. The van der Waals surface area contributed by atoms with Crippen LogP contribution in [-0.4, -0.2) is 62.5 Å². The van der Waals surface area contributed by atoms with Gasteiger partial charge in [-0.3, -0.25) is 9.59 Å². The van der Waals surface area contributed by atoms with E-state index in [4.69, 9.17) is 4.74 Å². The monoisotopic (exact) mass is 542 g/mol. The normalized spacial score (nSPS) is 12.6. The van der Waals surface area contributed by atoms with E-state index in [1.807, 2.05) is 30.3 Å². The van der Waals surface area contributed by atoms with Crippen LogP contribution >= 0.6 is 0 Å². The second-order valence-electron chi connectivity index (χ2n) is 9.43. The number of ether oxygens (including phenoxy) is 1. The number of rotatable bonds is 11. The number of nitrogens with one attached hydrogen (secondary N) is 2. The Hall–Kier alpha value is -3.67. The lowest BCUT2D eigenvalue weighted by Crippen LogP contribution is -2.47. The highest BCUT2D eigenvalue weighted by Gasteiger charge is 2.29. The molecular weight excluding hydrogens is 511 g/mol. The molecule has 1 aromatic heterocycles. The quantitative estimate of drug-likeness (QED) is 0.384. The second-order valence-corrected chi connectivity index (χ2v) is 11.1. The van der Waals surface area contributed by atoms with Gasteiger partial charge in [-0.15, -0.1) is 0 Å². The van der Waals surface area contributed by atoms with Crippen LogP contribution in [0.3, 0.4) is 0 Å². The van der Waals surface area contributed by atoms with Gasteiger partial charge >= 0.3 is 0 Å². The number of pyridine rings is 1. The van der Waals surface area contributed by atoms with Crippen molar-refractivity contribution in [3.8, 4) is 0 Å². The second kappa shape index (κ2) is 12.2. The summed E-state index contributed by atoms with van der Waals surface area (Å²) in [5.74, 6) is -1.42. The number of aromatic nitrogens is 1. The van der Waals surface area contributed by atoms with Crippen molar-refractivity contribution < 1.29 is 27.1 Å². The average Bonchev–Trinajstić information content (AvgIpc) is 2.87. The first kappa shape index (κ1) is 28.9. The van der Waals surface area contributed by atoms with Crippen LogP contribution in [0.4, 0.5) is 10.1 Å². The van der Waals surface area contributed by atoms with Crippen LogP contribution in [0.5, 0.6) is 0 Å². The van der Waals surface area contributed by atoms with Crippen molar-refractivity contribution in [2.45, 2.75) is 36.9 Å². The van der Waals surface area contributed by atoms with Crippen LogP contribution in [0, 0.1) is 5.82 Å². The first-order valence-electron chi connectivity index (χ1n) is 11.8. The molecule has 0 aliphatic rings. The number of likely N-dealkylation sites (N-methyl/N-ethyl adjacent to an activating group) is 1. The lowest BCUT2D eigenvalue weighted by Gasteiger charge is -2.28. The lowest BCUT2D eigenvalue weighted by atomic mass is 10.0. The maximum atomic E-state index is 13.4. The minimum absolute atomic E-state index is 0.160. The molecule has 11 heteroatoms. The van der Waals surface area contributed by atoms with E-state index < -0.39 is 39.2 Å². The Morgan fingerprint density at radius 1 is 1.05 bits per heavy atom. The summed E-state index contributed by atoms with van der Waals surface area (Å²) < 4.78 is 46.3. The molecule has 2 aromatic carbocycles. The van der Waals surface area contributed by atoms with Gasteiger partial charge in [0.05, 0.1) is 24.0 Å². The molecule has 9 nitrogen and oxygen atoms in total. The van der Waals surface area contributed by atoms with Gasteiger partial charge in [-0.25, -0.2) is 22.5 Å². The van der Waals surface area contributed by atoms with E-state index in [1.54, 1.807) is 13.8 Å². The Morgan fingerprint density at radius 2 is 1.71 bits per heavy atom. The van der Waals surface area contributed by atoms with E-state index in [9.17, 15) is 22.4 Å². The molecular formula is C27H31FN4O5S. The van der Waals surface area contributed by atoms with Gasteiger partial charge in [-0.1, -0.05) is 30.3 Å². The van der Waals surface area contributed by atoms with Gasteiger partial charge in [0, 0.05) is 26.1 Å². The SMILES string of the molecule is COCC(C)(C)NS(=O)(=O)c1ccc(NC(=O)C(Cc2ccccc2)N(C)C(=O)c2ccc(F)cc2)cn1. The van der Waals surface area contributed by atoms with Crippen LogP contribution in [0.15, 0.2) is 78.0 Å². The number of hydrogen-bond acceptors (Lipinski definition) is 6. The zero-order valence-electron chi connectivity index (χ0n) is 21.6. The smallest absolute Gasteiger partial charge is 0.258 e. The van der Waals surface area contributed by atoms with E-state index in [1.165, 1.54) is 61.7 Å². The third-order valence-electron chi connectivity index (χ3n) is 5.65. The summed E-state index contributed by atoms with van der Waals surface area (Å²) in [5.41, 5.74) is 0.468. The number of methoxy groups -OCH3 is 1. The molecule has 0 saturated heterocycles. The fraction of sp³-hybridized carbons (Fsp3) is 0.296. The summed E-state index contributed by atoms with van der Waals surface area (Å²) in [6.45, 7) is 3.52. The summed E-state index contributed by atoms with van der Waals surface area (Å²) in [5, 5.41) is 2.50. The van der Waals surface area contributed by atoms with Crippen molar-refractivity contribution in [3.63, 3.8) is 0 Å². The minimum atomic E-state index is -3.93. The Balaban J connectivity index is 1.80. The molecule has 1 atom stereocenters. The summed E-state index contributed by atoms with van der Waals surface area (Å²) >= 11 is 0. The first-order valence-corrected chi connectivity index (χ1v) is 13.3. The molecule has 0 saturated carbocycles. The van der Waals surface area contributed by atoms with E-state index >= 15 is 0 Å². The van der Waals surface area contributed by atoms with Crippen LogP contribution < -0.4 is 10.0 Å². The van der Waals surface area contributed by atoms with Gasteiger partial charge in [0.15, 0.2) is 5.03 Å². The highest BCUT2D eigenvalue weighted by Crippen LogP contribution is 2.17. The van der Waals surface area contributed by atoms with Crippen molar-refractivity contribution in [1.82, 2.24) is 14.6 Å². The van der Waals surface area contributed by atoms with Crippen molar-refractivity contribution >= 4 is 27.5 Å². The Bertz CT molecular complexity index is 1350. The number of halogens is 1. The average molecular weight is 543 g/mol. The van der Waals surface area contributed by atoms with Crippen LogP contribution in [0.1, 0.15) is 29.8 Å². The van der Waals surface area contributed by atoms with Crippen molar-refractivity contribution in [3.05, 3.63) is 89.9 Å². The number of benzene rings is 2. The molecule has 0 aliphatic heterocycles. The molecule has 0 fully saturated rings. The maximum absolute atomic E-state index is 13.4.